The Morgan fingerprint density at radius 1 is 1.25 bits per heavy atom. The third-order valence-electron chi connectivity index (χ3n) is 3.65. The molecule has 0 aromatic heterocycles. The van der Waals surface area contributed by atoms with Gasteiger partial charge in [0.25, 0.3) is 0 Å². The molecule has 1 aliphatic rings. The van der Waals surface area contributed by atoms with Crippen LogP contribution in [0.25, 0.3) is 0 Å². The summed E-state index contributed by atoms with van der Waals surface area (Å²) < 4.78 is 5.67. The maximum absolute atomic E-state index is 12.4. The molecular weight excluding hydrogens is 268 g/mol. The molecule has 1 aromatic carbocycles. The van der Waals surface area contributed by atoms with E-state index in [0.717, 1.165) is 17.7 Å². The number of hydrogen-bond acceptors (Lipinski definition) is 3. The van der Waals surface area contributed by atoms with E-state index in [1.165, 1.54) is 32.1 Å². The Balaban J connectivity index is 1.90. The van der Waals surface area contributed by atoms with Crippen molar-refractivity contribution in [2.24, 2.45) is 0 Å². The highest BCUT2D eigenvalue weighted by atomic mass is 32.2. The first-order valence-corrected chi connectivity index (χ1v) is 8.72. The summed E-state index contributed by atoms with van der Waals surface area (Å²) >= 11 is 1.83. The van der Waals surface area contributed by atoms with Crippen molar-refractivity contribution in [3.05, 3.63) is 29.8 Å². The van der Waals surface area contributed by atoms with Crippen LogP contribution in [0.3, 0.4) is 0 Å². The molecule has 0 atom stereocenters. The van der Waals surface area contributed by atoms with E-state index >= 15 is 0 Å². The normalized spacial score (nSPS) is 16.1. The molecule has 0 radical (unpaired) electrons. The number of rotatable bonds is 7. The lowest BCUT2D eigenvalue weighted by Gasteiger charge is -2.20. The highest BCUT2D eigenvalue weighted by Gasteiger charge is 2.17. The predicted octanol–water partition coefficient (Wildman–Crippen LogP) is 4.72. The third kappa shape index (κ3) is 4.55. The molecule has 110 valence electrons. The van der Waals surface area contributed by atoms with Crippen LogP contribution in [0, 0.1) is 0 Å². The first-order chi connectivity index (χ1) is 9.81. The molecule has 3 heteroatoms. The van der Waals surface area contributed by atoms with Gasteiger partial charge in [-0.1, -0.05) is 38.3 Å². The first kappa shape index (κ1) is 15.4. The van der Waals surface area contributed by atoms with E-state index in [9.17, 15) is 4.79 Å². The molecule has 0 bridgehead atoms. The molecule has 0 aliphatic heterocycles. The number of ether oxygens (including phenoxy) is 1. The Hall–Kier alpha value is -0.960. The average molecular weight is 292 g/mol. The summed E-state index contributed by atoms with van der Waals surface area (Å²) in [5.74, 6) is 1.52. The number of carbonyl (C=O) groups excluding carboxylic acids is 1. The van der Waals surface area contributed by atoms with Crippen LogP contribution in [-0.2, 0) is 0 Å². The summed E-state index contributed by atoms with van der Waals surface area (Å²) in [4.78, 5) is 12.4. The van der Waals surface area contributed by atoms with E-state index in [-0.39, 0.29) is 5.78 Å². The molecule has 0 spiro atoms. The smallest absolute Gasteiger partial charge is 0.176 e. The molecule has 0 saturated heterocycles. The molecule has 2 rings (SSSR count). The monoisotopic (exact) mass is 292 g/mol. The topological polar surface area (TPSA) is 26.3 Å². The van der Waals surface area contributed by atoms with Crippen LogP contribution in [0.5, 0.6) is 5.75 Å². The molecule has 0 unspecified atom stereocenters. The van der Waals surface area contributed by atoms with Gasteiger partial charge < -0.3 is 4.74 Å². The molecule has 0 amide bonds. The van der Waals surface area contributed by atoms with Gasteiger partial charge in [0.2, 0.25) is 0 Å². The molecule has 1 fully saturated rings. The van der Waals surface area contributed by atoms with E-state index < -0.39 is 0 Å². The van der Waals surface area contributed by atoms with Crippen molar-refractivity contribution >= 4 is 17.5 Å². The minimum absolute atomic E-state index is 0.201. The van der Waals surface area contributed by atoms with Gasteiger partial charge in [0, 0.05) is 5.25 Å². The zero-order valence-electron chi connectivity index (χ0n) is 12.3. The standard InChI is InChI=1S/C17H24O2S/c1-2-12-19-17-11-7-6-10-15(17)16(18)13-20-14-8-4-3-5-9-14/h6-7,10-11,14H,2-5,8-9,12-13H2,1H3. The Labute approximate surface area is 126 Å². The van der Waals surface area contributed by atoms with E-state index in [0.29, 0.717) is 17.6 Å². The molecule has 1 aliphatic carbocycles. The SMILES string of the molecule is CCCOc1ccccc1C(=O)CSC1CCCCC1. The van der Waals surface area contributed by atoms with Crippen molar-refractivity contribution in [3.63, 3.8) is 0 Å². The minimum atomic E-state index is 0.201. The van der Waals surface area contributed by atoms with Gasteiger partial charge in [0.05, 0.1) is 17.9 Å². The fraction of sp³-hybridized carbons (Fsp3) is 0.588. The van der Waals surface area contributed by atoms with Gasteiger partial charge in [-0.3, -0.25) is 4.79 Å². The van der Waals surface area contributed by atoms with Crippen LogP contribution in [0.2, 0.25) is 0 Å². The fourth-order valence-electron chi connectivity index (χ4n) is 2.54. The van der Waals surface area contributed by atoms with Gasteiger partial charge in [0.15, 0.2) is 5.78 Å². The number of para-hydroxylation sites is 1. The molecule has 1 saturated carbocycles. The lowest BCUT2D eigenvalue weighted by molar-refractivity contribution is 0.101. The van der Waals surface area contributed by atoms with Gasteiger partial charge in [-0.25, -0.2) is 0 Å². The average Bonchev–Trinajstić information content (AvgIpc) is 2.52. The minimum Gasteiger partial charge on any atom is -0.493 e. The molecular formula is C17H24O2S. The molecule has 20 heavy (non-hydrogen) atoms. The fourth-order valence-corrected chi connectivity index (χ4v) is 3.75. The summed E-state index contributed by atoms with van der Waals surface area (Å²) in [6.07, 6.45) is 7.50. The van der Waals surface area contributed by atoms with Crippen LogP contribution in [0.15, 0.2) is 24.3 Å². The van der Waals surface area contributed by atoms with Crippen LogP contribution in [-0.4, -0.2) is 23.4 Å². The second-order valence-corrected chi connectivity index (χ2v) is 6.63. The zero-order valence-corrected chi connectivity index (χ0v) is 13.1. The molecule has 0 N–H and O–H groups in total. The maximum atomic E-state index is 12.4. The summed E-state index contributed by atoms with van der Waals surface area (Å²) in [7, 11) is 0. The summed E-state index contributed by atoms with van der Waals surface area (Å²) in [6, 6.07) is 7.62. The van der Waals surface area contributed by atoms with Gasteiger partial charge in [-0.05, 0) is 31.4 Å². The third-order valence-corrected chi connectivity index (χ3v) is 5.02. The summed E-state index contributed by atoms with van der Waals surface area (Å²) in [5, 5.41) is 0.677. The lowest BCUT2D eigenvalue weighted by atomic mass is 10.0. The van der Waals surface area contributed by atoms with Crippen molar-refractivity contribution in [1.29, 1.82) is 0 Å². The number of hydrogen-bond donors (Lipinski definition) is 0. The number of Topliss-reactive ketones (excluding diaryl/α,β-unsaturated/α-hetero) is 1. The largest absolute Gasteiger partial charge is 0.493 e. The highest BCUT2D eigenvalue weighted by molar-refractivity contribution is 8.00. The Morgan fingerprint density at radius 3 is 2.75 bits per heavy atom. The van der Waals surface area contributed by atoms with Crippen LogP contribution < -0.4 is 4.74 Å². The Bertz CT molecular complexity index is 425. The van der Waals surface area contributed by atoms with Crippen LogP contribution in [0.4, 0.5) is 0 Å². The quantitative estimate of drug-likeness (QED) is 0.680. The van der Waals surface area contributed by atoms with E-state index in [4.69, 9.17) is 4.74 Å². The zero-order chi connectivity index (χ0) is 14.2. The van der Waals surface area contributed by atoms with Crippen LogP contribution >= 0.6 is 11.8 Å². The van der Waals surface area contributed by atoms with E-state index in [1.54, 1.807) is 0 Å². The predicted molar refractivity (Wildman–Crippen MR) is 85.9 cm³/mol. The van der Waals surface area contributed by atoms with Gasteiger partial charge in [0.1, 0.15) is 5.75 Å². The highest BCUT2D eigenvalue weighted by Crippen LogP contribution is 2.29. The molecule has 2 nitrogen and oxygen atoms in total. The Morgan fingerprint density at radius 2 is 2.00 bits per heavy atom. The van der Waals surface area contributed by atoms with Crippen molar-refractivity contribution in [2.75, 3.05) is 12.4 Å². The van der Waals surface area contributed by atoms with Crippen molar-refractivity contribution in [2.45, 2.75) is 50.7 Å². The van der Waals surface area contributed by atoms with E-state index in [1.807, 2.05) is 36.0 Å². The van der Waals surface area contributed by atoms with Crippen molar-refractivity contribution in [3.8, 4) is 5.75 Å². The van der Waals surface area contributed by atoms with Crippen molar-refractivity contribution < 1.29 is 9.53 Å². The number of benzene rings is 1. The Kier molecular flexibility index (Phi) is 6.44. The number of thioether (sulfide) groups is 1. The summed E-state index contributed by atoms with van der Waals surface area (Å²) in [5.41, 5.74) is 0.740. The van der Waals surface area contributed by atoms with E-state index in [2.05, 4.69) is 6.92 Å². The van der Waals surface area contributed by atoms with Gasteiger partial charge in [-0.15, -0.1) is 0 Å². The second-order valence-electron chi connectivity index (χ2n) is 5.34. The molecule has 1 aromatic rings. The summed E-state index contributed by atoms with van der Waals surface area (Å²) in [6.45, 7) is 2.74. The second kappa shape index (κ2) is 8.35. The molecule has 0 heterocycles. The number of carbonyl (C=O) groups is 1. The van der Waals surface area contributed by atoms with Crippen molar-refractivity contribution in [1.82, 2.24) is 0 Å². The van der Waals surface area contributed by atoms with Gasteiger partial charge >= 0.3 is 0 Å². The van der Waals surface area contributed by atoms with Crippen LogP contribution in [0.1, 0.15) is 55.8 Å². The van der Waals surface area contributed by atoms with Gasteiger partial charge in [-0.2, -0.15) is 11.8 Å². The number of ketones is 1. The lowest BCUT2D eigenvalue weighted by Crippen LogP contribution is -2.13. The first-order valence-electron chi connectivity index (χ1n) is 7.68. The maximum Gasteiger partial charge on any atom is 0.176 e.